The third kappa shape index (κ3) is 2.16. The zero-order chi connectivity index (χ0) is 13.0. The molecule has 1 aromatic rings. The first-order chi connectivity index (χ1) is 8.70. The van der Waals surface area contributed by atoms with Crippen molar-refractivity contribution in [3.8, 4) is 0 Å². The largest absolute Gasteiger partial charge is 0.388 e. The summed E-state index contributed by atoms with van der Waals surface area (Å²) in [5.41, 5.74) is -0.143. The van der Waals surface area contributed by atoms with Crippen molar-refractivity contribution in [2.75, 3.05) is 0 Å². The van der Waals surface area contributed by atoms with E-state index < -0.39 is 11.5 Å². The Kier molecular flexibility index (Phi) is 3.78. The zero-order valence-electron chi connectivity index (χ0n) is 10.5. The molecule has 1 aliphatic rings. The quantitative estimate of drug-likeness (QED) is 0.823. The third-order valence-corrected chi connectivity index (χ3v) is 3.45. The fourth-order valence-corrected chi connectivity index (χ4v) is 2.49. The van der Waals surface area contributed by atoms with E-state index in [1.165, 1.54) is 0 Å². The van der Waals surface area contributed by atoms with Crippen molar-refractivity contribution in [3.05, 3.63) is 60.2 Å². The summed E-state index contributed by atoms with van der Waals surface area (Å²) < 4.78 is 0. The van der Waals surface area contributed by atoms with E-state index in [0.29, 0.717) is 12.0 Å². The minimum atomic E-state index is -0.801. The predicted octanol–water partition coefficient (Wildman–Crippen LogP) is 3.14. The molecule has 0 bridgehead atoms. The smallest absolute Gasteiger partial charge is 0.175 e. The van der Waals surface area contributed by atoms with Crippen molar-refractivity contribution in [1.82, 2.24) is 0 Å². The number of allylic oxidation sites excluding steroid dienone is 2. The summed E-state index contributed by atoms with van der Waals surface area (Å²) in [5.74, 6) is -0.00181. The first-order valence-electron chi connectivity index (χ1n) is 6.34. The van der Waals surface area contributed by atoms with Gasteiger partial charge in [-0.05, 0) is 6.42 Å². The molecule has 0 fully saturated rings. The van der Waals surface area contributed by atoms with Gasteiger partial charge in [0.15, 0.2) is 5.78 Å². The molecule has 2 atom stereocenters. The van der Waals surface area contributed by atoms with E-state index in [9.17, 15) is 9.90 Å². The molecule has 18 heavy (non-hydrogen) atoms. The maximum Gasteiger partial charge on any atom is 0.175 e. The number of aliphatic hydroxyl groups is 1. The van der Waals surface area contributed by atoms with Crippen LogP contribution >= 0.6 is 0 Å². The molecule has 0 aliphatic heterocycles. The van der Waals surface area contributed by atoms with Crippen molar-refractivity contribution < 1.29 is 9.90 Å². The summed E-state index contributed by atoms with van der Waals surface area (Å²) in [5, 5.41) is 10.2. The lowest BCUT2D eigenvalue weighted by Crippen LogP contribution is -2.41. The molecular weight excluding hydrogens is 224 g/mol. The molecule has 2 unspecified atom stereocenters. The van der Waals surface area contributed by atoms with Crippen LogP contribution in [-0.2, 0) is 0 Å². The maximum atomic E-state index is 12.7. The van der Waals surface area contributed by atoms with Crippen LogP contribution in [0.15, 0.2) is 54.6 Å². The van der Waals surface area contributed by atoms with E-state index in [2.05, 4.69) is 0 Å². The Hall–Kier alpha value is -1.67. The Morgan fingerprint density at radius 3 is 2.61 bits per heavy atom. The predicted molar refractivity (Wildman–Crippen MR) is 72.4 cm³/mol. The summed E-state index contributed by atoms with van der Waals surface area (Å²) in [6, 6.07) is 9.19. The minimum absolute atomic E-state index is 0.00181. The Morgan fingerprint density at radius 1 is 1.28 bits per heavy atom. The Balaban J connectivity index is 2.40. The van der Waals surface area contributed by atoms with Gasteiger partial charge in [-0.1, -0.05) is 68.0 Å². The summed E-state index contributed by atoms with van der Waals surface area (Å²) in [6.45, 7) is 2.03. The van der Waals surface area contributed by atoms with E-state index in [4.69, 9.17) is 0 Å². The highest BCUT2D eigenvalue weighted by Gasteiger charge is 2.41. The number of aliphatic hydroxyl groups excluding tert-OH is 1. The number of carbonyl (C=O) groups excluding carboxylic acids is 1. The summed E-state index contributed by atoms with van der Waals surface area (Å²) >= 11 is 0. The first kappa shape index (κ1) is 12.8. The maximum absolute atomic E-state index is 12.7. The van der Waals surface area contributed by atoms with E-state index in [0.717, 1.165) is 6.42 Å². The molecule has 94 valence electrons. The SMILES string of the molecule is CCCC1(C(=O)c2ccccc2)C=CC=CC1O. The van der Waals surface area contributed by atoms with Crippen LogP contribution in [0.3, 0.4) is 0 Å². The molecule has 1 N–H and O–H groups in total. The number of benzene rings is 1. The van der Waals surface area contributed by atoms with Crippen LogP contribution in [-0.4, -0.2) is 17.0 Å². The van der Waals surface area contributed by atoms with Gasteiger partial charge in [-0.15, -0.1) is 0 Å². The number of hydrogen-bond acceptors (Lipinski definition) is 2. The van der Waals surface area contributed by atoms with Crippen LogP contribution in [0.5, 0.6) is 0 Å². The lowest BCUT2D eigenvalue weighted by molar-refractivity contribution is 0.0563. The van der Waals surface area contributed by atoms with Gasteiger partial charge in [0.05, 0.1) is 11.5 Å². The molecule has 0 heterocycles. The van der Waals surface area contributed by atoms with Crippen LogP contribution in [0, 0.1) is 5.41 Å². The molecule has 0 saturated heterocycles. The molecule has 2 heteroatoms. The Morgan fingerprint density at radius 2 is 2.00 bits per heavy atom. The van der Waals surface area contributed by atoms with E-state index in [1.807, 2.05) is 37.3 Å². The number of Topliss-reactive ketones (excluding diaryl/α,β-unsaturated/α-hetero) is 1. The molecule has 2 rings (SSSR count). The van der Waals surface area contributed by atoms with Gasteiger partial charge < -0.3 is 5.11 Å². The Labute approximate surface area is 108 Å². The molecular formula is C16H18O2. The van der Waals surface area contributed by atoms with Crippen molar-refractivity contribution in [2.45, 2.75) is 25.9 Å². The summed E-state index contributed by atoms with van der Waals surface area (Å²) in [6.07, 6.45) is 7.94. The highest BCUT2D eigenvalue weighted by atomic mass is 16.3. The zero-order valence-corrected chi connectivity index (χ0v) is 10.5. The van der Waals surface area contributed by atoms with Gasteiger partial charge >= 0.3 is 0 Å². The van der Waals surface area contributed by atoms with E-state index in [-0.39, 0.29) is 5.78 Å². The van der Waals surface area contributed by atoms with Crippen LogP contribution < -0.4 is 0 Å². The van der Waals surface area contributed by atoms with Crippen molar-refractivity contribution >= 4 is 5.78 Å². The van der Waals surface area contributed by atoms with Crippen molar-refractivity contribution in [3.63, 3.8) is 0 Å². The molecule has 0 saturated carbocycles. The second-order valence-corrected chi connectivity index (χ2v) is 4.67. The summed E-state index contributed by atoms with van der Waals surface area (Å²) in [7, 11) is 0. The van der Waals surface area contributed by atoms with Gasteiger partial charge in [0, 0.05) is 5.56 Å². The minimum Gasteiger partial charge on any atom is -0.388 e. The van der Waals surface area contributed by atoms with Gasteiger partial charge in [-0.3, -0.25) is 4.79 Å². The lowest BCUT2D eigenvalue weighted by atomic mass is 9.70. The number of rotatable bonds is 4. The lowest BCUT2D eigenvalue weighted by Gasteiger charge is -2.34. The van der Waals surface area contributed by atoms with Crippen LogP contribution in [0.4, 0.5) is 0 Å². The molecule has 0 radical (unpaired) electrons. The topological polar surface area (TPSA) is 37.3 Å². The van der Waals surface area contributed by atoms with Gasteiger partial charge in [0.25, 0.3) is 0 Å². The standard InChI is InChI=1S/C16H18O2/c1-2-11-16(12-7-6-10-14(16)17)15(18)13-8-4-3-5-9-13/h3-10,12,14,17H,2,11H2,1H3. The molecule has 1 aromatic carbocycles. The Bertz CT molecular complexity index is 473. The van der Waals surface area contributed by atoms with Gasteiger partial charge in [-0.2, -0.15) is 0 Å². The van der Waals surface area contributed by atoms with E-state index in [1.54, 1.807) is 24.3 Å². The number of carbonyl (C=O) groups is 1. The highest BCUT2D eigenvalue weighted by Crippen LogP contribution is 2.37. The van der Waals surface area contributed by atoms with Crippen LogP contribution in [0.25, 0.3) is 0 Å². The highest BCUT2D eigenvalue weighted by molar-refractivity contribution is 6.02. The van der Waals surface area contributed by atoms with Crippen molar-refractivity contribution in [2.24, 2.45) is 5.41 Å². The average molecular weight is 242 g/mol. The summed E-state index contributed by atoms with van der Waals surface area (Å²) in [4.78, 5) is 12.7. The fourth-order valence-electron chi connectivity index (χ4n) is 2.49. The average Bonchev–Trinajstić information content (AvgIpc) is 2.42. The fraction of sp³-hybridized carbons (Fsp3) is 0.312. The van der Waals surface area contributed by atoms with Crippen LogP contribution in [0.1, 0.15) is 30.1 Å². The third-order valence-electron chi connectivity index (χ3n) is 3.45. The normalized spacial score (nSPS) is 26.2. The number of hydrogen-bond donors (Lipinski definition) is 1. The first-order valence-corrected chi connectivity index (χ1v) is 6.34. The molecule has 0 spiro atoms. The van der Waals surface area contributed by atoms with Gasteiger partial charge in [0.1, 0.15) is 0 Å². The monoisotopic (exact) mass is 242 g/mol. The van der Waals surface area contributed by atoms with Crippen molar-refractivity contribution in [1.29, 1.82) is 0 Å². The van der Waals surface area contributed by atoms with E-state index >= 15 is 0 Å². The number of ketones is 1. The van der Waals surface area contributed by atoms with Crippen LogP contribution in [0.2, 0.25) is 0 Å². The van der Waals surface area contributed by atoms with Gasteiger partial charge in [0.2, 0.25) is 0 Å². The molecule has 1 aliphatic carbocycles. The molecule has 0 aromatic heterocycles. The van der Waals surface area contributed by atoms with Gasteiger partial charge in [-0.25, -0.2) is 0 Å². The molecule has 0 amide bonds. The second kappa shape index (κ2) is 5.32. The molecule has 2 nitrogen and oxygen atoms in total. The second-order valence-electron chi connectivity index (χ2n) is 4.67.